The molecule has 68 valence electrons. The summed E-state index contributed by atoms with van der Waals surface area (Å²) in [6.45, 7) is 1.05. The molecule has 0 N–H and O–H groups in total. The Morgan fingerprint density at radius 3 is 3.08 bits per heavy atom. The number of thiophene rings is 1. The zero-order valence-electron chi connectivity index (χ0n) is 7.60. The number of hydrogen-bond donors (Lipinski definition) is 0. The summed E-state index contributed by atoms with van der Waals surface area (Å²) in [6.07, 6.45) is 5.30. The molecule has 0 fully saturated rings. The van der Waals surface area contributed by atoms with E-state index < -0.39 is 0 Å². The fourth-order valence-corrected chi connectivity index (χ4v) is 1.89. The van der Waals surface area contributed by atoms with Crippen LogP contribution in [0.5, 0.6) is 0 Å². The van der Waals surface area contributed by atoms with Gasteiger partial charge in [0.2, 0.25) is 0 Å². The maximum atomic E-state index is 4.36. The van der Waals surface area contributed by atoms with Crippen molar-refractivity contribution in [1.29, 1.82) is 0 Å². The van der Waals surface area contributed by atoms with E-state index in [0.717, 1.165) is 13.0 Å². The van der Waals surface area contributed by atoms with Crippen LogP contribution in [-0.4, -0.2) is 24.3 Å². The zero-order valence-corrected chi connectivity index (χ0v) is 8.42. The average Bonchev–Trinajstić information content (AvgIpc) is 2.71. The summed E-state index contributed by atoms with van der Waals surface area (Å²) >= 11 is 1.75. The molecule has 2 rings (SSSR count). The third-order valence-electron chi connectivity index (χ3n) is 1.97. The molecule has 0 spiro atoms. The Hall–Kier alpha value is -1.09. The van der Waals surface area contributed by atoms with Crippen LogP contribution in [0.15, 0.2) is 28.7 Å². The van der Waals surface area contributed by atoms with E-state index in [4.69, 9.17) is 0 Å². The first-order chi connectivity index (χ1) is 6.34. The van der Waals surface area contributed by atoms with Crippen LogP contribution in [0.2, 0.25) is 0 Å². The van der Waals surface area contributed by atoms with Crippen molar-refractivity contribution in [2.45, 2.75) is 6.42 Å². The molecule has 0 aliphatic carbocycles. The Bertz CT molecular complexity index is 325. The monoisotopic (exact) mass is 192 g/mol. The maximum absolute atomic E-state index is 4.36. The van der Waals surface area contributed by atoms with E-state index in [2.05, 4.69) is 34.8 Å². The van der Waals surface area contributed by atoms with Crippen LogP contribution in [0, 0.1) is 0 Å². The van der Waals surface area contributed by atoms with Gasteiger partial charge in [0.05, 0.1) is 5.71 Å². The predicted molar refractivity (Wildman–Crippen MR) is 58.0 cm³/mol. The van der Waals surface area contributed by atoms with E-state index in [1.54, 1.807) is 11.3 Å². The third kappa shape index (κ3) is 2.18. The van der Waals surface area contributed by atoms with Crippen LogP contribution < -0.4 is 0 Å². The summed E-state index contributed by atoms with van der Waals surface area (Å²) in [5.41, 5.74) is 1.18. The smallest absolute Gasteiger partial charge is 0.0624 e. The van der Waals surface area contributed by atoms with Crippen molar-refractivity contribution >= 4 is 23.1 Å². The van der Waals surface area contributed by atoms with Crippen LogP contribution in [0.3, 0.4) is 0 Å². The molecule has 1 aliphatic heterocycles. The fourth-order valence-electron chi connectivity index (χ4n) is 1.28. The summed E-state index contributed by atoms with van der Waals surface area (Å²) in [4.78, 5) is 1.29. The van der Waals surface area contributed by atoms with Crippen molar-refractivity contribution in [3.05, 3.63) is 28.5 Å². The van der Waals surface area contributed by atoms with Crippen molar-refractivity contribution in [3.8, 4) is 0 Å². The Balaban J connectivity index is 2.02. The minimum atomic E-state index is 1.05. The van der Waals surface area contributed by atoms with Gasteiger partial charge in [-0.15, -0.1) is 11.3 Å². The van der Waals surface area contributed by atoms with Crippen LogP contribution in [0.1, 0.15) is 11.3 Å². The average molecular weight is 192 g/mol. The second kappa shape index (κ2) is 3.75. The second-order valence-electron chi connectivity index (χ2n) is 3.07. The van der Waals surface area contributed by atoms with E-state index >= 15 is 0 Å². The molecular weight excluding hydrogens is 180 g/mol. The first-order valence-electron chi connectivity index (χ1n) is 4.35. The summed E-state index contributed by atoms with van der Waals surface area (Å²) in [7, 11) is 2.01. The number of allylic oxidation sites excluding steroid dienone is 1. The summed E-state index contributed by atoms with van der Waals surface area (Å²) < 4.78 is 0. The lowest BCUT2D eigenvalue weighted by molar-refractivity contribution is 0.393. The Morgan fingerprint density at radius 2 is 2.46 bits per heavy atom. The number of hydrazone groups is 1. The molecule has 1 aliphatic rings. The molecule has 0 radical (unpaired) electrons. The molecule has 0 saturated heterocycles. The van der Waals surface area contributed by atoms with Crippen LogP contribution in [-0.2, 0) is 0 Å². The van der Waals surface area contributed by atoms with E-state index in [-0.39, 0.29) is 0 Å². The molecule has 1 aromatic rings. The highest BCUT2D eigenvalue weighted by Crippen LogP contribution is 2.12. The quantitative estimate of drug-likeness (QED) is 0.702. The summed E-state index contributed by atoms with van der Waals surface area (Å²) in [5.74, 6) is 0. The van der Waals surface area contributed by atoms with Gasteiger partial charge < -0.3 is 0 Å². The lowest BCUT2D eigenvalue weighted by atomic mass is 10.2. The molecule has 2 heterocycles. The number of rotatable bonds is 2. The van der Waals surface area contributed by atoms with Gasteiger partial charge in [-0.3, -0.25) is 5.01 Å². The largest absolute Gasteiger partial charge is 0.299 e. The van der Waals surface area contributed by atoms with Gasteiger partial charge in [0.25, 0.3) is 0 Å². The predicted octanol–water partition coefficient (Wildman–Crippen LogP) is 2.45. The van der Waals surface area contributed by atoms with Crippen molar-refractivity contribution in [1.82, 2.24) is 5.01 Å². The molecule has 0 unspecified atom stereocenters. The Kier molecular flexibility index (Phi) is 2.45. The topological polar surface area (TPSA) is 15.6 Å². The maximum Gasteiger partial charge on any atom is 0.0624 e. The Morgan fingerprint density at radius 1 is 1.54 bits per heavy atom. The van der Waals surface area contributed by atoms with E-state index in [0.29, 0.717) is 0 Å². The van der Waals surface area contributed by atoms with Crippen molar-refractivity contribution < 1.29 is 0 Å². The van der Waals surface area contributed by atoms with Crippen LogP contribution in [0.25, 0.3) is 6.08 Å². The molecule has 0 bridgehead atoms. The lowest BCUT2D eigenvalue weighted by Crippen LogP contribution is -2.04. The van der Waals surface area contributed by atoms with Crippen molar-refractivity contribution in [2.24, 2.45) is 5.10 Å². The van der Waals surface area contributed by atoms with Gasteiger partial charge in [0, 0.05) is 24.9 Å². The van der Waals surface area contributed by atoms with Crippen LogP contribution >= 0.6 is 11.3 Å². The van der Waals surface area contributed by atoms with Gasteiger partial charge in [-0.25, -0.2) is 0 Å². The number of hydrogen-bond acceptors (Lipinski definition) is 3. The molecule has 0 atom stereocenters. The molecular formula is C10H12N2S. The molecule has 13 heavy (non-hydrogen) atoms. The van der Waals surface area contributed by atoms with Gasteiger partial charge >= 0.3 is 0 Å². The van der Waals surface area contributed by atoms with Gasteiger partial charge in [-0.05, 0) is 23.6 Å². The SMILES string of the molecule is CN1CCC(/C=C/c2cccs2)=N1. The van der Waals surface area contributed by atoms with E-state index in [9.17, 15) is 0 Å². The van der Waals surface area contributed by atoms with Gasteiger partial charge in [0.15, 0.2) is 0 Å². The minimum absolute atomic E-state index is 1.05. The highest BCUT2D eigenvalue weighted by atomic mass is 32.1. The van der Waals surface area contributed by atoms with E-state index in [1.165, 1.54) is 10.6 Å². The fraction of sp³-hybridized carbons (Fsp3) is 0.300. The first kappa shape index (κ1) is 8.51. The highest BCUT2D eigenvalue weighted by molar-refractivity contribution is 7.10. The van der Waals surface area contributed by atoms with Gasteiger partial charge in [-0.1, -0.05) is 6.07 Å². The summed E-state index contributed by atoms with van der Waals surface area (Å²) in [6, 6.07) is 4.17. The third-order valence-corrected chi connectivity index (χ3v) is 2.81. The van der Waals surface area contributed by atoms with Gasteiger partial charge in [0.1, 0.15) is 0 Å². The summed E-state index contributed by atoms with van der Waals surface area (Å²) in [5, 5.41) is 8.42. The highest BCUT2D eigenvalue weighted by Gasteiger charge is 2.06. The minimum Gasteiger partial charge on any atom is -0.299 e. The molecule has 1 aromatic heterocycles. The molecule has 2 nitrogen and oxygen atoms in total. The van der Waals surface area contributed by atoms with Gasteiger partial charge in [-0.2, -0.15) is 5.10 Å². The molecule has 0 amide bonds. The van der Waals surface area contributed by atoms with Crippen molar-refractivity contribution in [2.75, 3.05) is 13.6 Å². The van der Waals surface area contributed by atoms with E-state index in [1.807, 2.05) is 12.1 Å². The van der Waals surface area contributed by atoms with Crippen LogP contribution in [0.4, 0.5) is 0 Å². The molecule has 3 heteroatoms. The zero-order chi connectivity index (χ0) is 9.10. The first-order valence-corrected chi connectivity index (χ1v) is 5.23. The Labute approximate surface area is 82.2 Å². The lowest BCUT2D eigenvalue weighted by Gasteiger charge is -2.00. The van der Waals surface area contributed by atoms with Crippen molar-refractivity contribution in [3.63, 3.8) is 0 Å². The second-order valence-corrected chi connectivity index (χ2v) is 4.05. The molecule has 0 aromatic carbocycles. The standard InChI is InChI=1S/C10H12N2S/c1-12-7-6-9(11-12)4-5-10-3-2-8-13-10/h2-5,8H,6-7H2,1H3/b5-4+. The molecule has 0 saturated carbocycles. The number of nitrogens with zero attached hydrogens (tertiary/aromatic N) is 2. The normalized spacial score (nSPS) is 17.0.